The Morgan fingerprint density at radius 1 is 1.47 bits per heavy atom. The van der Waals surface area contributed by atoms with E-state index in [4.69, 9.17) is 4.74 Å². The molecular formula is C12H16N2O3. The number of phenols is 1. The third-order valence-corrected chi connectivity index (χ3v) is 2.85. The van der Waals surface area contributed by atoms with Crippen LogP contribution in [0, 0.1) is 0 Å². The van der Waals surface area contributed by atoms with Gasteiger partial charge in [0.1, 0.15) is 0 Å². The molecule has 1 heterocycles. The molecule has 0 saturated carbocycles. The standard InChI is InChI=1S/C12H16N2O3/c1-17-11-3-2-8(6-10(11)15)9-7-14-12(16)4-5-13-9/h2-3,6,9,13,15H,4-5,7H2,1H3,(H,14,16). The van der Waals surface area contributed by atoms with E-state index >= 15 is 0 Å². The van der Waals surface area contributed by atoms with Crippen molar-refractivity contribution in [3.05, 3.63) is 23.8 Å². The first-order valence-electron chi connectivity index (χ1n) is 5.57. The molecule has 1 aromatic rings. The monoisotopic (exact) mass is 236 g/mol. The van der Waals surface area contributed by atoms with Crippen LogP contribution in [0.25, 0.3) is 0 Å². The van der Waals surface area contributed by atoms with Crippen molar-refractivity contribution >= 4 is 5.91 Å². The number of hydrogen-bond donors (Lipinski definition) is 3. The Kier molecular flexibility index (Phi) is 3.49. The predicted molar refractivity (Wildman–Crippen MR) is 63.0 cm³/mol. The largest absolute Gasteiger partial charge is 0.504 e. The Bertz CT molecular complexity index is 420. The van der Waals surface area contributed by atoms with Crippen LogP contribution < -0.4 is 15.4 Å². The van der Waals surface area contributed by atoms with Crippen LogP contribution in [0.1, 0.15) is 18.0 Å². The normalized spacial score (nSPS) is 20.5. The number of carbonyl (C=O) groups excluding carboxylic acids is 1. The van der Waals surface area contributed by atoms with Crippen LogP contribution >= 0.6 is 0 Å². The van der Waals surface area contributed by atoms with Crippen molar-refractivity contribution in [2.24, 2.45) is 0 Å². The summed E-state index contributed by atoms with van der Waals surface area (Å²) in [7, 11) is 1.51. The molecule has 3 N–H and O–H groups in total. The topological polar surface area (TPSA) is 70.6 Å². The summed E-state index contributed by atoms with van der Waals surface area (Å²) in [6, 6.07) is 5.29. The summed E-state index contributed by atoms with van der Waals surface area (Å²) in [5.74, 6) is 0.617. The lowest BCUT2D eigenvalue weighted by Crippen LogP contribution is -2.28. The molecule has 1 unspecified atom stereocenters. The number of methoxy groups -OCH3 is 1. The molecule has 0 radical (unpaired) electrons. The number of ether oxygens (including phenoxy) is 1. The van der Waals surface area contributed by atoms with Crippen molar-refractivity contribution in [3.63, 3.8) is 0 Å². The fourth-order valence-corrected chi connectivity index (χ4v) is 1.90. The lowest BCUT2D eigenvalue weighted by Gasteiger charge is -2.16. The second-order valence-corrected chi connectivity index (χ2v) is 3.99. The molecule has 1 aliphatic heterocycles. The number of nitrogens with one attached hydrogen (secondary N) is 2. The van der Waals surface area contributed by atoms with E-state index in [2.05, 4.69) is 10.6 Å². The summed E-state index contributed by atoms with van der Waals surface area (Å²) in [5.41, 5.74) is 0.936. The molecule has 92 valence electrons. The first-order valence-corrected chi connectivity index (χ1v) is 5.57. The minimum Gasteiger partial charge on any atom is -0.504 e. The average molecular weight is 236 g/mol. The number of aromatic hydroxyl groups is 1. The smallest absolute Gasteiger partial charge is 0.221 e. The summed E-state index contributed by atoms with van der Waals surface area (Å²) in [5, 5.41) is 15.8. The van der Waals surface area contributed by atoms with Crippen molar-refractivity contribution in [2.45, 2.75) is 12.5 Å². The van der Waals surface area contributed by atoms with Gasteiger partial charge in [-0.25, -0.2) is 0 Å². The molecular weight excluding hydrogens is 220 g/mol. The summed E-state index contributed by atoms with van der Waals surface area (Å²) in [4.78, 5) is 11.2. The highest BCUT2D eigenvalue weighted by molar-refractivity contribution is 5.76. The first-order chi connectivity index (χ1) is 8.20. The van der Waals surface area contributed by atoms with Gasteiger partial charge in [-0.3, -0.25) is 4.79 Å². The van der Waals surface area contributed by atoms with Gasteiger partial charge in [-0.15, -0.1) is 0 Å². The van der Waals surface area contributed by atoms with Gasteiger partial charge in [0.2, 0.25) is 5.91 Å². The summed E-state index contributed by atoms with van der Waals surface area (Å²) in [6.07, 6.45) is 0.485. The van der Waals surface area contributed by atoms with Gasteiger partial charge in [0.15, 0.2) is 11.5 Å². The molecule has 1 fully saturated rings. The Hall–Kier alpha value is -1.75. The molecule has 2 rings (SSSR count). The molecule has 1 amide bonds. The predicted octanol–water partition coefficient (Wildman–Crippen LogP) is 0.551. The summed E-state index contributed by atoms with van der Waals surface area (Å²) < 4.78 is 4.99. The maximum atomic E-state index is 11.2. The number of benzene rings is 1. The van der Waals surface area contributed by atoms with E-state index in [1.54, 1.807) is 12.1 Å². The van der Waals surface area contributed by atoms with Crippen LogP contribution in [-0.2, 0) is 4.79 Å². The quantitative estimate of drug-likeness (QED) is 0.701. The highest BCUT2D eigenvalue weighted by Gasteiger charge is 2.17. The Morgan fingerprint density at radius 2 is 2.29 bits per heavy atom. The number of phenolic OH excluding ortho intramolecular Hbond substituents is 1. The Balaban J connectivity index is 2.16. The maximum Gasteiger partial charge on any atom is 0.221 e. The molecule has 0 aliphatic carbocycles. The van der Waals surface area contributed by atoms with Gasteiger partial charge >= 0.3 is 0 Å². The van der Waals surface area contributed by atoms with Crippen LogP contribution in [0.4, 0.5) is 0 Å². The maximum absolute atomic E-state index is 11.2. The zero-order valence-electron chi connectivity index (χ0n) is 9.69. The van der Waals surface area contributed by atoms with Gasteiger partial charge in [0.25, 0.3) is 0 Å². The van der Waals surface area contributed by atoms with E-state index in [0.717, 1.165) is 5.56 Å². The number of amides is 1. The van der Waals surface area contributed by atoms with E-state index in [9.17, 15) is 9.90 Å². The van der Waals surface area contributed by atoms with E-state index in [0.29, 0.717) is 25.3 Å². The van der Waals surface area contributed by atoms with Gasteiger partial charge in [0.05, 0.1) is 7.11 Å². The number of rotatable bonds is 2. The number of carbonyl (C=O) groups is 1. The Morgan fingerprint density at radius 3 is 3.00 bits per heavy atom. The van der Waals surface area contributed by atoms with Gasteiger partial charge in [-0.2, -0.15) is 0 Å². The second kappa shape index (κ2) is 5.05. The van der Waals surface area contributed by atoms with Gasteiger partial charge in [-0.1, -0.05) is 6.07 Å². The van der Waals surface area contributed by atoms with E-state index in [-0.39, 0.29) is 17.7 Å². The van der Waals surface area contributed by atoms with Crippen LogP contribution in [0.15, 0.2) is 18.2 Å². The fourth-order valence-electron chi connectivity index (χ4n) is 1.90. The molecule has 1 atom stereocenters. The van der Waals surface area contributed by atoms with Crippen LogP contribution in [0.5, 0.6) is 11.5 Å². The highest BCUT2D eigenvalue weighted by atomic mass is 16.5. The molecule has 0 aromatic heterocycles. The molecule has 1 aliphatic rings. The van der Waals surface area contributed by atoms with Crippen molar-refractivity contribution < 1.29 is 14.6 Å². The van der Waals surface area contributed by atoms with Crippen LogP contribution in [0.3, 0.4) is 0 Å². The molecule has 1 saturated heterocycles. The average Bonchev–Trinajstić information content (AvgIpc) is 2.54. The van der Waals surface area contributed by atoms with Crippen molar-refractivity contribution in [1.29, 1.82) is 0 Å². The minimum atomic E-state index is 0.0262. The Labute approximate surface area is 99.8 Å². The van der Waals surface area contributed by atoms with Gasteiger partial charge < -0.3 is 20.5 Å². The van der Waals surface area contributed by atoms with Gasteiger partial charge in [-0.05, 0) is 17.7 Å². The van der Waals surface area contributed by atoms with Crippen molar-refractivity contribution in [3.8, 4) is 11.5 Å². The third-order valence-electron chi connectivity index (χ3n) is 2.85. The number of hydrogen-bond acceptors (Lipinski definition) is 4. The SMILES string of the molecule is COc1ccc(C2CNC(=O)CCN2)cc1O. The molecule has 1 aromatic carbocycles. The lowest BCUT2D eigenvalue weighted by atomic mass is 10.1. The third kappa shape index (κ3) is 2.68. The van der Waals surface area contributed by atoms with Crippen molar-refractivity contribution in [2.75, 3.05) is 20.2 Å². The van der Waals surface area contributed by atoms with Crippen molar-refractivity contribution in [1.82, 2.24) is 10.6 Å². The lowest BCUT2D eigenvalue weighted by molar-refractivity contribution is -0.120. The molecule has 17 heavy (non-hydrogen) atoms. The highest BCUT2D eigenvalue weighted by Crippen LogP contribution is 2.28. The van der Waals surface area contributed by atoms with Gasteiger partial charge in [0, 0.05) is 25.6 Å². The van der Waals surface area contributed by atoms with E-state index in [1.807, 2.05) is 6.07 Å². The zero-order chi connectivity index (χ0) is 12.3. The molecule has 0 spiro atoms. The minimum absolute atomic E-state index is 0.0262. The molecule has 0 bridgehead atoms. The fraction of sp³-hybridized carbons (Fsp3) is 0.417. The van der Waals surface area contributed by atoms with E-state index < -0.39 is 0 Å². The summed E-state index contributed by atoms with van der Waals surface area (Å²) >= 11 is 0. The molecule has 5 nitrogen and oxygen atoms in total. The summed E-state index contributed by atoms with van der Waals surface area (Å²) in [6.45, 7) is 1.17. The second-order valence-electron chi connectivity index (χ2n) is 3.99. The van der Waals surface area contributed by atoms with Crippen LogP contribution in [-0.4, -0.2) is 31.2 Å². The first kappa shape index (κ1) is 11.7. The molecule has 5 heteroatoms. The van der Waals surface area contributed by atoms with E-state index in [1.165, 1.54) is 7.11 Å². The zero-order valence-corrected chi connectivity index (χ0v) is 9.69. The van der Waals surface area contributed by atoms with Crippen LogP contribution in [0.2, 0.25) is 0 Å².